The summed E-state index contributed by atoms with van der Waals surface area (Å²) < 4.78 is 0.693. The molecule has 0 radical (unpaired) electrons. The molecule has 0 aromatic rings. The Morgan fingerprint density at radius 3 is 1.88 bits per heavy atom. The fourth-order valence-corrected chi connectivity index (χ4v) is 0.293. The highest BCUT2D eigenvalue weighted by molar-refractivity contribution is 5.63. The first kappa shape index (κ1) is 7.37. The zero-order chi connectivity index (χ0) is 6.62. The van der Waals surface area contributed by atoms with E-state index in [0.717, 1.165) is 6.29 Å². The van der Waals surface area contributed by atoms with Crippen LogP contribution in [0.5, 0.6) is 0 Å². The molecule has 0 amide bonds. The van der Waals surface area contributed by atoms with Gasteiger partial charge in [0.15, 0.2) is 0 Å². The first-order chi connectivity index (χ1) is 3.56. The Labute approximate surface area is 50.0 Å². The van der Waals surface area contributed by atoms with Crippen LogP contribution < -0.4 is 0 Å². The second-order valence-electron chi connectivity index (χ2n) is 2.59. The number of quaternary nitrogens is 1. The Bertz CT molecular complexity index is 99.6. The van der Waals surface area contributed by atoms with E-state index in [2.05, 4.69) is 0 Å². The average molecular weight is 114 g/mol. The number of aldehydes is 1. The van der Waals surface area contributed by atoms with E-state index in [1.54, 1.807) is 0 Å². The van der Waals surface area contributed by atoms with Crippen molar-refractivity contribution >= 4 is 6.29 Å². The summed E-state index contributed by atoms with van der Waals surface area (Å²) in [5.41, 5.74) is 0. The molecule has 46 valence electrons. The Morgan fingerprint density at radius 1 is 1.25 bits per heavy atom. The van der Waals surface area contributed by atoms with Gasteiger partial charge in [-0.05, 0) is 0 Å². The topological polar surface area (TPSA) is 17.1 Å². The summed E-state index contributed by atoms with van der Waals surface area (Å²) in [7, 11) is 5.96. The van der Waals surface area contributed by atoms with Gasteiger partial charge >= 0.3 is 0 Å². The van der Waals surface area contributed by atoms with Crippen LogP contribution in [-0.2, 0) is 4.79 Å². The normalized spacial score (nSPS) is 12.4. The Kier molecular flexibility index (Phi) is 2.42. The van der Waals surface area contributed by atoms with Crippen LogP contribution in [0.3, 0.4) is 0 Å². The van der Waals surface area contributed by atoms with Gasteiger partial charge < -0.3 is 4.48 Å². The molecule has 0 saturated carbocycles. The lowest BCUT2D eigenvalue weighted by Gasteiger charge is -2.16. The smallest absolute Gasteiger partial charge is 0.148 e. The molecule has 0 saturated heterocycles. The summed E-state index contributed by atoms with van der Waals surface area (Å²) in [4.78, 5) is 9.75. The summed E-state index contributed by atoms with van der Waals surface area (Å²) in [6.45, 7) is 0. The maximum Gasteiger partial charge on any atom is 0.148 e. The maximum absolute atomic E-state index is 9.75. The average Bonchev–Trinajstić information content (AvgIpc) is 1.59. The van der Waals surface area contributed by atoms with Crippen LogP contribution in [0.15, 0.2) is 12.3 Å². The largest absolute Gasteiger partial charge is 0.304 e. The summed E-state index contributed by atoms with van der Waals surface area (Å²) >= 11 is 0. The summed E-state index contributed by atoms with van der Waals surface area (Å²) in [6, 6.07) is 0. The Morgan fingerprint density at radius 2 is 1.75 bits per heavy atom. The first-order valence-electron chi connectivity index (χ1n) is 2.50. The molecule has 2 heteroatoms. The minimum Gasteiger partial charge on any atom is -0.304 e. The van der Waals surface area contributed by atoms with E-state index in [1.807, 2.05) is 27.3 Å². The maximum atomic E-state index is 9.75. The molecule has 0 N–H and O–H groups in total. The standard InChI is InChI=1S/C6H12NO/c1-7(2,3)5-4-6-8/h4-6H,1-3H3/q+1. The van der Waals surface area contributed by atoms with Gasteiger partial charge in [0.25, 0.3) is 0 Å². The summed E-state index contributed by atoms with van der Waals surface area (Å²) in [5, 5.41) is 0. The molecule has 0 fully saturated rings. The molecule has 0 rings (SSSR count). The molecule has 0 aliphatic rings. The van der Waals surface area contributed by atoms with Gasteiger partial charge in [0.2, 0.25) is 0 Å². The van der Waals surface area contributed by atoms with Gasteiger partial charge in [0.1, 0.15) is 6.29 Å². The van der Waals surface area contributed by atoms with Crippen molar-refractivity contribution in [1.29, 1.82) is 0 Å². The second kappa shape index (κ2) is 2.62. The van der Waals surface area contributed by atoms with Crippen LogP contribution in [0.1, 0.15) is 0 Å². The first-order valence-corrected chi connectivity index (χ1v) is 2.50. The van der Waals surface area contributed by atoms with Crippen LogP contribution in [0.4, 0.5) is 0 Å². The van der Waals surface area contributed by atoms with Crippen molar-refractivity contribution in [1.82, 2.24) is 0 Å². The fraction of sp³-hybridized carbons (Fsp3) is 0.500. The second-order valence-corrected chi connectivity index (χ2v) is 2.59. The third-order valence-electron chi connectivity index (χ3n) is 0.612. The van der Waals surface area contributed by atoms with Crippen LogP contribution in [-0.4, -0.2) is 31.9 Å². The molecule has 0 aliphatic heterocycles. The van der Waals surface area contributed by atoms with E-state index in [0.29, 0.717) is 4.48 Å². The number of carbonyl (C=O) groups is 1. The van der Waals surface area contributed by atoms with Gasteiger partial charge in [-0.1, -0.05) is 0 Å². The van der Waals surface area contributed by atoms with Gasteiger partial charge in [0.05, 0.1) is 27.3 Å². The zero-order valence-electron chi connectivity index (χ0n) is 5.59. The van der Waals surface area contributed by atoms with E-state index >= 15 is 0 Å². The number of allylic oxidation sites excluding steroid dienone is 1. The summed E-state index contributed by atoms with van der Waals surface area (Å²) in [5.74, 6) is 0. The summed E-state index contributed by atoms with van der Waals surface area (Å²) in [6.07, 6.45) is 4.09. The SMILES string of the molecule is C[N+](C)(C)C=CC=O. The van der Waals surface area contributed by atoms with Crippen molar-refractivity contribution < 1.29 is 9.28 Å². The van der Waals surface area contributed by atoms with Crippen LogP contribution in [0, 0.1) is 0 Å². The number of carbonyl (C=O) groups excluding carboxylic acids is 1. The van der Waals surface area contributed by atoms with Crippen molar-refractivity contribution in [2.24, 2.45) is 0 Å². The Hall–Kier alpha value is -0.630. The molecular weight excluding hydrogens is 102 g/mol. The molecule has 0 bridgehead atoms. The molecule has 0 atom stereocenters. The molecule has 0 aromatic heterocycles. The number of hydrogen-bond donors (Lipinski definition) is 0. The highest BCUT2D eigenvalue weighted by atomic mass is 16.1. The highest BCUT2D eigenvalue weighted by Crippen LogP contribution is 1.88. The Balaban J connectivity index is 3.69. The fourth-order valence-electron chi connectivity index (χ4n) is 0.293. The lowest BCUT2D eigenvalue weighted by atomic mass is 10.6. The van der Waals surface area contributed by atoms with Crippen molar-refractivity contribution in [3.8, 4) is 0 Å². The van der Waals surface area contributed by atoms with Crippen molar-refractivity contribution in [2.75, 3.05) is 21.1 Å². The third-order valence-corrected chi connectivity index (χ3v) is 0.612. The van der Waals surface area contributed by atoms with Gasteiger partial charge in [0, 0.05) is 6.08 Å². The van der Waals surface area contributed by atoms with Gasteiger partial charge in [-0.15, -0.1) is 0 Å². The van der Waals surface area contributed by atoms with E-state index < -0.39 is 0 Å². The minimum absolute atomic E-state index is 0.693. The highest BCUT2D eigenvalue weighted by Gasteiger charge is 1.96. The monoisotopic (exact) mass is 114 g/mol. The van der Waals surface area contributed by atoms with E-state index in [-0.39, 0.29) is 0 Å². The number of nitrogens with zero attached hydrogens (tertiary/aromatic N) is 1. The third kappa shape index (κ3) is 5.37. The van der Waals surface area contributed by atoms with E-state index in [1.165, 1.54) is 6.08 Å². The molecule has 0 heterocycles. The quantitative estimate of drug-likeness (QED) is 0.288. The number of hydrogen-bond acceptors (Lipinski definition) is 1. The predicted octanol–water partition coefficient (Wildman–Crippen LogP) is 0.405. The van der Waals surface area contributed by atoms with Crippen LogP contribution in [0.2, 0.25) is 0 Å². The minimum atomic E-state index is 0.693. The zero-order valence-corrected chi connectivity index (χ0v) is 5.59. The van der Waals surface area contributed by atoms with Crippen LogP contribution in [0.25, 0.3) is 0 Å². The van der Waals surface area contributed by atoms with Crippen molar-refractivity contribution in [2.45, 2.75) is 0 Å². The van der Waals surface area contributed by atoms with E-state index in [9.17, 15) is 4.79 Å². The molecule has 0 aromatic carbocycles. The lowest BCUT2D eigenvalue weighted by molar-refractivity contribution is -0.817. The molecule has 2 nitrogen and oxygen atoms in total. The van der Waals surface area contributed by atoms with Gasteiger partial charge in [-0.3, -0.25) is 4.79 Å². The van der Waals surface area contributed by atoms with Crippen molar-refractivity contribution in [3.63, 3.8) is 0 Å². The molecule has 8 heavy (non-hydrogen) atoms. The van der Waals surface area contributed by atoms with E-state index in [4.69, 9.17) is 0 Å². The van der Waals surface area contributed by atoms with Gasteiger partial charge in [-0.25, -0.2) is 0 Å². The van der Waals surface area contributed by atoms with Crippen LogP contribution >= 0.6 is 0 Å². The van der Waals surface area contributed by atoms with Gasteiger partial charge in [-0.2, -0.15) is 0 Å². The molecule has 0 unspecified atom stereocenters. The molecule has 0 aliphatic carbocycles. The molecule has 0 spiro atoms. The molecular formula is C6H12NO+. The number of rotatable bonds is 2. The predicted molar refractivity (Wildman–Crippen MR) is 33.2 cm³/mol. The lowest BCUT2D eigenvalue weighted by Crippen LogP contribution is -2.26. The van der Waals surface area contributed by atoms with Crippen molar-refractivity contribution in [3.05, 3.63) is 12.3 Å².